The molecule has 0 spiro atoms. The maximum absolute atomic E-state index is 10.7. The van der Waals surface area contributed by atoms with Crippen molar-refractivity contribution >= 4 is 34.3 Å². The van der Waals surface area contributed by atoms with Crippen LogP contribution < -0.4 is 5.32 Å². The van der Waals surface area contributed by atoms with Gasteiger partial charge in [0.1, 0.15) is 0 Å². The number of thiazole rings is 1. The average Bonchev–Trinajstić information content (AvgIpc) is 2.73. The molecule has 0 aliphatic heterocycles. The molecule has 0 saturated heterocycles. The number of hydrogen-bond acceptors (Lipinski definition) is 5. The molecule has 19 heavy (non-hydrogen) atoms. The minimum atomic E-state index is -0.448. The van der Waals surface area contributed by atoms with Crippen molar-refractivity contribution in [3.63, 3.8) is 0 Å². The minimum absolute atomic E-state index is 0.00187. The van der Waals surface area contributed by atoms with Crippen LogP contribution in [0.3, 0.4) is 0 Å². The second-order valence-electron chi connectivity index (χ2n) is 4.09. The highest BCUT2D eigenvalue weighted by Crippen LogP contribution is 2.31. The Labute approximate surface area is 119 Å². The molecule has 1 aromatic heterocycles. The summed E-state index contributed by atoms with van der Waals surface area (Å²) in [7, 11) is 0. The number of anilines is 1. The summed E-state index contributed by atoms with van der Waals surface area (Å²) in [6.45, 7) is 4.34. The standard InChI is InChI=1S/C12H12ClN3O2S/c1-7-3-9(16(17)18)4-10(13)12(7)14-5-11-8(2)15-6-19-11/h3-4,6,14H,5H2,1-2H3. The van der Waals surface area contributed by atoms with Crippen LogP contribution in [0.4, 0.5) is 11.4 Å². The van der Waals surface area contributed by atoms with Gasteiger partial charge in [0.25, 0.3) is 5.69 Å². The topological polar surface area (TPSA) is 68.1 Å². The maximum Gasteiger partial charge on any atom is 0.271 e. The minimum Gasteiger partial charge on any atom is -0.379 e. The van der Waals surface area contributed by atoms with E-state index < -0.39 is 4.92 Å². The number of aromatic nitrogens is 1. The summed E-state index contributed by atoms with van der Waals surface area (Å²) >= 11 is 7.64. The largest absolute Gasteiger partial charge is 0.379 e. The van der Waals surface area contributed by atoms with E-state index in [0.717, 1.165) is 21.8 Å². The lowest BCUT2D eigenvalue weighted by Crippen LogP contribution is -2.02. The van der Waals surface area contributed by atoms with Gasteiger partial charge in [0, 0.05) is 17.0 Å². The van der Waals surface area contributed by atoms with Gasteiger partial charge in [-0.2, -0.15) is 0 Å². The Kier molecular flexibility index (Phi) is 4.01. The molecule has 1 heterocycles. The van der Waals surface area contributed by atoms with E-state index in [1.54, 1.807) is 23.8 Å². The lowest BCUT2D eigenvalue weighted by atomic mass is 10.1. The molecular formula is C12H12ClN3O2S. The molecule has 0 amide bonds. The van der Waals surface area contributed by atoms with Crippen molar-refractivity contribution < 1.29 is 4.92 Å². The Morgan fingerprint density at radius 1 is 1.47 bits per heavy atom. The Hall–Kier alpha value is -1.66. The Morgan fingerprint density at radius 2 is 2.21 bits per heavy atom. The highest BCUT2D eigenvalue weighted by Gasteiger charge is 2.13. The number of nitro benzene ring substituents is 1. The number of nitrogens with zero attached hydrogens (tertiary/aromatic N) is 2. The third kappa shape index (κ3) is 3.02. The van der Waals surface area contributed by atoms with E-state index in [0.29, 0.717) is 11.6 Å². The number of hydrogen-bond donors (Lipinski definition) is 1. The lowest BCUT2D eigenvalue weighted by molar-refractivity contribution is -0.384. The maximum atomic E-state index is 10.7. The van der Waals surface area contributed by atoms with Crippen LogP contribution >= 0.6 is 22.9 Å². The van der Waals surface area contributed by atoms with Crippen molar-refractivity contribution in [3.8, 4) is 0 Å². The zero-order valence-electron chi connectivity index (χ0n) is 10.4. The Balaban J connectivity index is 2.21. The first-order valence-electron chi connectivity index (χ1n) is 5.56. The van der Waals surface area contributed by atoms with Crippen LogP contribution in [0.25, 0.3) is 0 Å². The zero-order valence-corrected chi connectivity index (χ0v) is 12.0. The lowest BCUT2D eigenvalue weighted by Gasteiger charge is -2.11. The van der Waals surface area contributed by atoms with E-state index in [1.807, 2.05) is 6.92 Å². The van der Waals surface area contributed by atoms with Crippen molar-refractivity contribution in [2.24, 2.45) is 0 Å². The molecule has 1 N–H and O–H groups in total. The molecule has 0 aliphatic rings. The third-order valence-electron chi connectivity index (χ3n) is 2.75. The summed E-state index contributed by atoms with van der Waals surface area (Å²) in [5.74, 6) is 0. The van der Waals surface area contributed by atoms with E-state index in [-0.39, 0.29) is 5.69 Å². The third-order valence-corrected chi connectivity index (χ3v) is 3.99. The van der Waals surface area contributed by atoms with Gasteiger partial charge in [0.15, 0.2) is 0 Å². The van der Waals surface area contributed by atoms with Gasteiger partial charge in [-0.1, -0.05) is 11.6 Å². The second-order valence-corrected chi connectivity index (χ2v) is 5.44. The molecule has 2 aromatic rings. The van der Waals surface area contributed by atoms with E-state index >= 15 is 0 Å². The fourth-order valence-electron chi connectivity index (χ4n) is 1.72. The van der Waals surface area contributed by atoms with Crippen molar-refractivity contribution in [1.29, 1.82) is 0 Å². The van der Waals surface area contributed by atoms with Crippen LogP contribution in [-0.4, -0.2) is 9.91 Å². The SMILES string of the molecule is Cc1cc([N+](=O)[O-])cc(Cl)c1NCc1scnc1C. The number of aryl methyl sites for hydroxylation is 2. The van der Waals surface area contributed by atoms with Gasteiger partial charge < -0.3 is 5.32 Å². The fourth-order valence-corrected chi connectivity index (χ4v) is 2.76. The van der Waals surface area contributed by atoms with Gasteiger partial charge >= 0.3 is 0 Å². The van der Waals surface area contributed by atoms with E-state index in [2.05, 4.69) is 10.3 Å². The monoisotopic (exact) mass is 297 g/mol. The summed E-state index contributed by atoms with van der Waals surface area (Å²) in [5, 5.41) is 14.3. The van der Waals surface area contributed by atoms with Gasteiger partial charge in [0.05, 0.1) is 33.4 Å². The molecule has 1 aromatic carbocycles. The van der Waals surface area contributed by atoms with Crippen LogP contribution in [-0.2, 0) is 6.54 Å². The highest BCUT2D eigenvalue weighted by molar-refractivity contribution is 7.09. The molecule has 100 valence electrons. The van der Waals surface area contributed by atoms with Crippen molar-refractivity contribution in [2.45, 2.75) is 20.4 Å². The fraction of sp³-hybridized carbons (Fsp3) is 0.250. The Bertz CT molecular complexity index is 604. The van der Waals surface area contributed by atoms with Gasteiger partial charge in [0.2, 0.25) is 0 Å². The van der Waals surface area contributed by atoms with E-state index in [1.165, 1.54) is 12.1 Å². The molecule has 0 radical (unpaired) electrons. The summed E-state index contributed by atoms with van der Waals surface area (Å²) in [5.41, 5.74) is 4.24. The molecule has 2 rings (SSSR count). The summed E-state index contributed by atoms with van der Waals surface area (Å²) in [6, 6.07) is 2.87. The summed E-state index contributed by atoms with van der Waals surface area (Å²) in [4.78, 5) is 15.6. The van der Waals surface area contributed by atoms with Gasteiger partial charge in [-0.3, -0.25) is 10.1 Å². The first kappa shape index (κ1) is 13.8. The highest BCUT2D eigenvalue weighted by atomic mass is 35.5. The first-order valence-corrected chi connectivity index (χ1v) is 6.82. The Morgan fingerprint density at radius 3 is 2.74 bits per heavy atom. The van der Waals surface area contributed by atoms with Crippen LogP contribution in [0, 0.1) is 24.0 Å². The predicted molar refractivity (Wildman–Crippen MR) is 77.0 cm³/mol. The smallest absolute Gasteiger partial charge is 0.271 e. The van der Waals surface area contributed by atoms with Gasteiger partial charge in [-0.05, 0) is 19.4 Å². The molecule has 0 saturated carbocycles. The number of rotatable bonds is 4. The number of nitrogens with one attached hydrogen (secondary N) is 1. The number of nitro groups is 1. The first-order chi connectivity index (χ1) is 8.99. The van der Waals surface area contributed by atoms with Crippen LogP contribution in [0.2, 0.25) is 5.02 Å². The summed E-state index contributed by atoms with van der Waals surface area (Å²) < 4.78 is 0. The molecule has 0 atom stereocenters. The number of non-ortho nitro benzene ring substituents is 1. The van der Waals surface area contributed by atoms with Crippen molar-refractivity contribution in [1.82, 2.24) is 4.98 Å². The number of benzene rings is 1. The van der Waals surface area contributed by atoms with Gasteiger partial charge in [-0.25, -0.2) is 4.98 Å². The van der Waals surface area contributed by atoms with E-state index in [9.17, 15) is 10.1 Å². The molecule has 0 aliphatic carbocycles. The van der Waals surface area contributed by atoms with E-state index in [4.69, 9.17) is 11.6 Å². The molecule has 0 fully saturated rings. The summed E-state index contributed by atoms with van der Waals surface area (Å²) in [6.07, 6.45) is 0. The normalized spacial score (nSPS) is 10.5. The van der Waals surface area contributed by atoms with Crippen molar-refractivity contribution in [3.05, 3.63) is 48.9 Å². The molecular weight excluding hydrogens is 286 g/mol. The molecule has 7 heteroatoms. The quantitative estimate of drug-likeness (QED) is 0.685. The van der Waals surface area contributed by atoms with Crippen LogP contribution in [0.15, 0.2) is 17.6 Å². The van der Waals surface area contributed by atoms with Gasteiger partial charge in [-0.15, -0.1) is 11.3 Å². The average molecular weight is 298 g/mol. The predicted octanol–water partition coefficient (Wildman–Crippen LogP) is 3.93. The molecule has 0 unspecified atom stereocenters. The molecule has 5 nitrogen and oxygen atoms in total. The van der Waals surface area contributed by atoms with Crippen LogP contribution in [0.1, 0.15) is 16.1 Å². The zero-order chi connectivity index (χ0) is 14.0. The van der Waals surface area contributed by atoms with Crippen LogP contribution in [0.5, 0.6) is 0 Å². The number of halogens is 1. The van der Waals surface area contributed by atoms with Crippen molar-refractivity contribution in [2.75, 3.05) is 5.32 Å². The second kappa shape index (κ2) is 5.54. The molecule has 0 bridgehead atoms.